The second-order valence-corrected chi connectivity index (χ2v) is 6.53. The van der Waals surface area contributed by atoms with E-state index in [-0.39, 0.29) is 5.69 Å². The molecule has 0 unspecified atom stereocenters. The van der Waals surface area contributed by atoms with Gasteiger partial charge in [0.05, 0.1) is 30.2 Å². The smallest absolute Gasteiger partial charge is 0.271 e. The van der Waals surface area contributed by atoms with Crippen molar-refractivity contribution in [3.63, 3.8) is 0 Å². The monoisotopic (exact) mass is 405 g/mol. The van der Waals surface area contributed by atoms with Gasteiger partial charge < -0.3 is 19.2 Å². The van der Waals surface area contributed by atoms with Crippen LogP contribution < -0.4 is 14.2 Å². The Morgan fingerprint density at radius 2 is 1.70 bits per heavy atom. The minimum atomic E-state index is -0.440. The molecule has 0 spiro atoms. The number of aromatic nitrogens is 2. The number of ether oxygens (including phenoxy) is 3. The lowest BCUT2D eigenvalue weighted by molar-refractivity contribution is -0.384. The van der Waals surface area contributed by atoms with Crippen molar-refractivity contribution in [3.05, 3.63) is 76.3 Å². The van der Waals surface area contributed by atoms with Gasteiger partial charge in [-0.1, -0.05) is 30.3 Å². The number of benzene rings is 3. The Morgan fingerprint density at radius 1 is 1.00 bits per heavy atom. The van der Waals surface area contributed by atoms with Gasteiger partial charge in [-0.3, -0.25) is 10.1 Å². The fourth-order valence-electron chi connectivity index (χ4n) is 3.14. The molecule has 1 heterocycles. The number of nitrogens with one attached hydrogen (secondary N) is 1. The number of imidazole rings is 1. The van der Waals surface area contributed by atoms with E-state index in [1.165, 1.54) is 12.1 Å². The van der Waals surface area contributed by atoms with Crippen LogP contribution in [-0.2, 0) is 6.61 Å². The summed E-state index contributed by atoms with van der Waals surface area (Å²) in [6.07, 6.45) is 0. The molecule has 0 saturated heterocycles. The molecular weight excluding hydrogens is 386 g/mol. The highest BCUT2D eigenvalue weighted by Crippen LogP contribution is 2.41. The Labute approximate surface area is 172 Å². The molecule has 0 amide bonds. The molecule has 152 valence electrons. The third-order valence-corrected chi connectivity index (χ3v) is 4.64. The first-order valence-electron chi connectivity index (χ1n) is 9.16. The minimum absolute atomic E-state index is 0.00230. The Morgan fingerprint density at radius 3 is 2.33 bits per heavy atom. The van der Waals surface area contributed by atoms with E-state index in [2.05, 4.69) is 9.97 Å². The molecule has 4 rings (SSSR count). The van der Waals surface area contributed by atoms with Crippen LogP contribution in [0.15, 0.2) is 60.7 Å². The van der Waals surface area contributed by atoms with Gasteiger partial charge in [0.1, 0.15) is 12.4 Å². The van der Waals surface area contributed by atoms with Crippen LogP contribution in [0.2, 0.25) is 0 Å². The summed E-state index contributed by atoms with van der Waals surface area (Å²) in [5.74, 6) is 2.01. The van der Waals surface area contributed by atoms with Crippen molar-refractivity contribution in [2.45, 2.75) is 6.61 Å². The second kappa shape index (κ2) is 8.12. The number of hydrogen-bond donors (Lipinski definition) is 1. The summed E-state index contributed by atoms with van der Waals surface area (Å²) in [6, 6.07) is 17.9. The third kappa shape index (κ3) is 3.75. The minimum Gasteiger partial charge on any atom is -0.493 e. The first kappa shape index (κ1) is 19.3. The molecule has 0 bridgehead atoms. The number of nitrogens with zero attached hydrogens (tertiary/aromatic N) is 2. The van der Waals surface area contributed by atoms with Crippen molar-refractivity contribution in [1.82, 2.24) is 9.97 Å². The van der Waals surface area contributed by atoms with E-state index in [0.717, 1.165) is 5.56 Å². The summed E-state index contributed by atoms with van der Waals surface area (Å²) >= 11 is 0. The molecule has 30 heavy (non-hydrogen) atoms. The van der Waals surface area contributed by atoms with Gasteiger partial charge >= 0.3 is 0 Å². The lowest BCUT2D eigenvalue weighted by Gasteiger charge is -2.15. The quantitative estimate of drug-likeness (QED) is 0.352. The number of H-pyrrole nitrogens is 1. The van der Waals surface area contributed by atoms with Crippen LogP contribution >= 0.6 is 0 Å². The SMILES string of the molecule is COc1cc(-c2nc3ccc([N+](=O)[O-])cc3[nH]2)cc(OC)c1OCc1ccccc1. The number of hydrogen-bond acceptors (Lipinski definition) is 6. The van der Waals surface area contributed by atoms with Crippen molar-refractivity contribution < 1.29 is 19.1 Å². The lowest BCUT2D eigenvalue weighted by Crippen LogP contribution is -2.00. The number of methoxy groups -OCH3 is 2. The third-order valence-electron chi connectivity index (χ3n) is 4.64. The highest BCUT2D eigenvalue weighted by molar-refractivity contribution is 5.82. The molecule has 3 aromatic carbocycles. The number of non-ortho nitro benzene ring substituents is 1. The topological polar surface area (TPSA) is 99.5 Å². The highest BCUT2D eigenvalue weighted by Gasteiger charge is 2.18. The van der Waals surface area contributed by atoms with Gasteiger partial charge in [0.15, 0.2) is 11.5 Å². The van der Waals surface area contributed by atoms with Crippen molar-refractivity contribution in [1.29, 1.82) is 0 Å². The van der Waals surface area contributed by atoms with Crippen molar-refractivity contribution in [3.8, 4) is 28.6 Å². The first-order chi connectivity index (χ1) is 14.6. The van der Waals surface area contributed by atoms with Crippen molar-refractivity contribution in [2.75, 3.05) is 14.2 Å². The molecule has 1 aromatic heterocycles. The molecule has 1 N–H and O–H groups in total. The molecule has 4 aromatic rings. The van der Waals surface area contributed by atoms with Gasteiger partial charge in [0, 0.05) is 17.7 Å². The van der Waals surface area contributed by atoms with Crippen LogP contribution in [0.5, 0.6) is 17.2 Å². The van der Waals surface area contributed by atoms with E-state index in [0.29, 0.717) is 46.3 Å². The standard InChI is InChI=1S/C22H19N3O5/c1-28-19-10-15(22-23-17-9-8-16(25(26)27)12-18(17)24-22)11-20(29-2)21(19)30-13-14-6-4-3-5-7-14/h3-12H,13H2,1-2H3,(H,23,24). The van der Waals surface area contributed by atoms with Gasteiger partial charge in [-0.2, -0.15) is 0 Å². The predicted octanol–water partition coefficient (Wildman–Crippen LogP) is 4.73. The molecule has 8 heteroatoms. The largest absolute Gasteiger partial charge is 0.493 e. The summed E-state index contributed by atoms with van der Waals surface area (Å²) < 4.78 is 17.0. The summed E-state index contributed by atoms with van der Waals surface area (Å²) in [7, 11) is 3.10. The van der Waals surface area contributed by atoms with Gasteiger partial charge in [-0.05, 0) is 23.8 Å². The van der Waals surface area contributed by atoms with Crippen LogP contribution in [-0.4, -0.2) is 29.1 Å². The fraction of sp³-hybridized carbons (Fsp3) is 0.136. The zero-order valence-electron chi connectivity index (χ0n) is 16.4. The highest BCUT2D eigenvalue weighted by atomic mass is 16.6. The maximum Gasteiger partial charge on any atom is 0.271 e. The molecule has 0 saturated carbocycles. The van der Waals surface area contributed by atoms with Crippen LogP contribution in [0.4, 0.5) is 5.69 Å². The zero-order valence-corrected chi connectivity index (χ0v) is 16.4. The van der Waals surface area contributed by atoms with E-state index >= 15 is 0 Å². The second-order valence-electron chi connectivity index (χ2n) is 6.53. The summed E-state index contributed by atoms with van der Waals surface area (Å²) in [5.41, 5.74) is 2.91. The van der Waals surface area contributed by atoms with E-state index in [4.69, 9.17) is 14.2 Å². The molecule has 0 fully saturated rings. The fourth-order valence-corrected chi connectivity index (χ4v) is 3.14. The average molecular weight is 405 g/mol. The Bertz CT molecular complexity index is 1180. The van der Waals surface area contributed by atoms with Gasteiger partial charge in [-0.25, -0.2) is 4.98 Å². The van der Waals surface area contributed by atoms with Gasteiger partial charge in [0.2, 0.25) is 5.75 Å². The Balaban J connectivity index is 1.70. The summed E-state index contributed by atoms with van der Waals surface area (Å²) in [6.45, 7) is 0.362. The number of rotatable bonds is 7. The normalized spacial score (nSPS) is 10.7. The predicted molar refractivity (Wildman–Crippen MR) is 112 cm³/mol. The Hall–Kier alpha value is -4.07. The first-order valence-corrected chi connectivity index (χ1v) is 9.16. The summed E-state index contributed by atoms with van der Waals surface area (Å²) in [4.78, 5) is 18.2. The molecule has 8 nitrogen and oxygen atoms in total. The van der Waals surface area contributed by atoms with E-state index in [1.54, 1.807) is 32.4 Å². The van der Waals surface area contributed by atoms with E-state index in [9.17, 15) is 10.1 Å². The molecule has 0 radical (unpaired) electrons. The lowest BCUT2D eigenvalue weighted by atomic mass is 10.1. The maximum atomic E-state index is 11.0. The molecular formula is C22H19N3O5. The van der Waals surface area contributed by atoms with E-state index in [1.807, 2.05) is 30.3 Å². The van der Waals surface area contributed by atoms with Gasteiger partial charge in [0.25, 0.3) is 5.69 Å². The number of fused-ring (bicyclic) bond motifs is 1. The molecule has 0 aliphatic heterocycles. The molecule has 0 aliphatic rings. The zero-order chi connectivity index (χ0) is 21.1. The number of aromatic amines is 1. The van der Waals surface area contributed by atoms with Crippen LogP contribution in [0.1, 0.15) is 5.56 Å². The Kier molecular flexibility index (Phi) is 5.21. The van der Waals surface area contributed by atoms with Crippen molar-refractivity contribution in [2.24, 2.45) is 0 Å². The van der Waals surface area contributed by atoms with Crippen LogP contribution in [0.3, 0.4) is 0 Å². The average Bonchev–Trinajstić information content (AvgIpc) is 3.21. The van der Waals surface area contributed by atoms with Crippen LogP contribution in [0.25, 0.3) is 22.4 Å². The maximum absolute atomic E-state index is 11.0. The number of nitro groups is 1. The molecule has 0 atom stereocenters. The number of nitro benzene ring substituents is 1. The van der Waals surface area contributed by atoms with Gasteiger partial charge in [-0.15, -0.1) is 0 Å². The molecule has 0 aliphatic carbocycles. The van der Waals surface area contributed by atoms with Crippen LogP contribution in [0, 0.1) is 10.1 Å². The van der Waals surface area contributed by atoms with Crippen molar-refractivity contribution >= 4 is 16.7 Å². The van der Waals surface area contributed by atoms with E-state index < -0.39 is 4.92 Å². The summed E-state index contributed by atoms with van der Waals surface area (Å²) in [5, 5.41) is 11.0.